The van der Waals surface area contributed by atoms with Gasteiger partial charge in [-0.1, -0.05) is 6.07 Å². The molecule has 0 saturated heterocycles. The number of benzene rings is 1. The Kier molecular flexibility index (Phi) is 3.69. The van der Waals surface area contributed by atoms with Gasteiger partial charge in [-0.15, -0.1) is 0 Å². The van der Waals surface area contributed by atoms with Crippen LogP contribution in [-0.2, 0) is 4.79 Å². The maximum absolute atomic E-state index is 10.6. The summed E-state index contributed by atoms with van der Waals surface area (Å²) < 4.78 is 1.30. The molecule has 0 radical (unpaired) electrons. The zero-order valence-corrected chi connectivity index (χ0v) is 10.5. The van der Waals surface area contributed by atoms with E-state index < -0.39 is 12.1 Å². The second-order valence-electron chi connectivity index (χ2n) is 2.89. The van der Waals surface area contributed by atoms with Crippen molar-refractivity contribution in [2.75, 3.05) is 0 Å². The van der Waals surface area contributed by atoms with Crippen LogP contribution in [-0.4, -0.2) is 16.2 Å². The van der Waals surface area contributed by atoms with Gasteiger partial charge in [-0.2, -0.15) is 0 Å². The molecule has 0 aromatic heterocycles. The van der Waals surface area contributed by atoms with Crippen molar-refractivity contribution in [2.24, 2.45) is 0 Å². The first-order valence-corrected chi connectivity index (χ1v) is 5.38. The van der Waals surface area contributed by atoms with E-state index in [0.717, 1.165) is 10.0 Å². The Morgan fingerprint density at radius 3 is 2.50 bits per heavy atom. The average molecular weight is 324 g/mol. The van der Waals surface area contributed by atoms with Crippen molar-refractivity contribution in [3.05, 3.63) is 32.2 Å². The number of hydrogen-bond donors (Lipinski definition) is 2. The second kappa shape index (κ2) is 4.42. The summed E-state index contributed by atoms with van der Waals surface area (Å²) in [6, 6.07) is 3.47. The molecule has 5 heteroatoms. The van der Waals surface area contributed by atoms with E-state index in [1.165, 1.54) is 0 Å². The topological polar surface area (TPSA) is 57.5 Å². The number of carboxylic acid groups (broad SMARTS) is 1. The van der Waals surface area contributed by atoms with Gasteiger partial charge < -0.3 is 10.2 Å². The molecule has 0 aliphatic rings. The fourth-order valence-corrected chi connectivity index (χ4v) is 2.12. The van der Waals surface area contributed by atoms with Gasteiger partial charge in [-0.25, -0.2) is 4.79 Å². The van der Waals surface area contributed by atoms with Crippen LogP contribution in [0.1, 0.15) is 17.2 Å². The summed E-state index contributed by atoms with van der Waals surface area (Å²) >= 11 is 6.48. The van der Waals surface area contributed by atoms with Gasteiger partial charge in [-0.05, 0) is 50.4 Å². The van der Waals surface area contributed by atoms with Crippen LogP contribution in [0.25, 0.3) is 0 Å². The number of rotatable bonds is 2. The summed E-state index contributed by atoms with van der Waals surface area (Å²) in [5, 5.41) is 18.0. The maximum Gasteiger partial charge on any atom is 0.337 e. The molecule has 0 spiro atoms. The number of halogens is 2. The van der Waals surface area contributed by atoms with Gasteiger partial charge in [0.15, 0.2) is 6.10 Å². The molecule has 2 N–H and O–H groups in total. The number of aliphatic carboxylic acids is 1. The van der Waals surface area contributed by atoms with E-state index in [1.807, 2.05) is 13.0 Å². The monoisotopic (exact) mass is 322 g/mol. The van der Waals surface area contributed by atoms with E-state index >= 15 is 0 Å². The molecular weight excluding hydrogens is 316 g/mol. The highest BCUT2D eigenvalue weighted by Gasteiger charge is 2.20. The predicted octanol–water partition coefficient (Wildman–Crippen LogP) is 2.64. The predicted molar refractivity (Wildman–Crippen MR) is 59.2 cm³/mol. The van der Waals surface area contributed by atoms with Crippen LogP contribution < -0.4 is 0 Å². The Hall–Kier alpha value is -0.390. The van der Waals surface area contributed by atoms with Gasteiger partial charge in [0.2, 0.25) is 0 Å². The van der Waals surface area contributed by atoms with Crippen molar-refractivity contribution in [2.45, 2.75) is 13.0 Å². The first kappa shape index (κ1) is 11.7. The van der Waals surface area contributed by atoms with E-state index in [2.05, 4.69) is 31.9 Å². The van der Waals surface area contributed by atoms with Crippen LogP contribution in [0, 0.1) is 6.92 Å². The molecule has 1 rings (SSSR count). The van der Waals surface area contributed by atoms with Crippen LogP contribution in [0.3, 0.4) is 0 Å². The molecule has 0 bridgehead atoms. The van der Waals surface area contributed by atoms with Crippen LogP contribution in [0.4, 0.5) is 0 Å². The third kappa shape index (κ3) is 2.34. The van der Waals surface area contributed by atoms with Gasteiger partial charge in [-0.3, -0.25) is 0 Å². The van der Waals surface area contributed by atoms with Gasteiger partial charge in [0, 0.05) is 14.5 Å². The number of aliphatic hydroxyl groups is 1. The number of aliphatic hydroxyl groups excluding tert-OH is 1. The van der Waals surface area contributed by atoms with Gasteiger partial charge in [0.1, 0.15) is 0 Å². The normalized spacial score (nSPS) is 12.6. The van der Waals surface area contributed by atoms with Crippen LogP contribution in [0.5, 0.6) is 0 Å². The Morgan fingerprint density at radius 1 is 1.43 bits per heavy atom. The van der Waals surface area contributed by atoms with Gasteiger partial charge in [0.25, 0.3) is 0 Å². The largest absolute Gasteiger partial charge is 0.479 e. The van der Waals surface area contributed by atoms with Crippen molar-refractivity contribution >= 4 is 37.8 Å². The molecule has 0 aliphatic carbocycles. The molecule has 0 aliphatic heterocycles. The van der Waals surface area contributed by atoms with E-state index in [0.29, 0.717) is 10.0 Å². The summed E-state index contributed by atoms with van der Waals surface area (Å²) in [4.78, 5) is 10.6. The zero-order chi connectivity index (χ0) is 10.9. The van der Waals surface area contributed by atoms with Crippen molar-refractivity contribution in [1.82, 2.24) is 0 Å². The van der Waals surface area contributed by atoms with E-state index in [-0.39, 0.29) is 0 Å². The summed E-state index contributed by atoms with van der Waals surface area (Å²) in [6.45, 7) is 1.83. The zero-order valence-electron chi connectivity index (χ0n) is 7.29. The quantitative estimate of drug-likeness (QED) is 0.879. The SMILES string of the molecule is Cc1cc(Br)c(Br)c(C(O)C(=O)O)c1. The summed E-state index contributed by atoms with van der Waals surface area (Å²) in [6.07, 6.45) is -1.50. The minimum absolute atomic E-state index is 0.351. The molecule has 0 amide bonds. The minimum Gasteiger partial charge on any atom is -0.479 e. The van der Waals surface area contributed by atoms with Gasteiger partial charge >= 0.3 is 5.97 Å². The van der Waals surface area contributed by atoms with Crippen molar-refractivity contribution in [3.63, 3.8) is 0 Å². The summed E-state index contributed by atoms with van der Waals surface area (Å²) in [5.41, 5.74) is 1.24. The fourth-order valence-electron chi connectivity index (χ4n) is 1.08. The first-order valence-electron chi connectivity index (χ1n) is 3.80. The lowest BCUT2D eigenvalue weighted by atomic mass is 10.1. The highest BCUT2D eigenvalue weighted by Crippen LogP contribution is 2.32. The van der Waals surface area contributed by atoms with Crippen LogP contribution in [0.15, 0.2) is 21.1 Å². The van der Waals surface area contributed by atoms with Crippen molar-refractivity contribution < 1.29 is 15.0 Å². The van der Waals surface area contributed by atoms with Crippen LogP contribution in [0.2, 0.25) is 0 Å². The number of carbonyl (C=O) groups is 1. The molecule has 3 nitrogen and oxygen atoms in total. The second-order valence-corrected chi connectivity index (χ2v) is 4.54. The third-order valence-corrected chi connectivity index (χ3v) is 3.77. The highest BCUT2D eigenvalue weighted by atomic mass is 79.9. The minimum atomic E-state index is -1.50. The molecule has 76 valence electrons. The molecule has 0 heterocycles. The Morgan fingerprint density at radius 2 is 2.00 bits per heavy atom. The average Bonchev–Trinajstić information content (AvgIpc) is 2.09. The lowest BCUT2D eigenvalue weighted by Gasteiger charge is -2.10. The van der Waals surface area contributed by atoms with E-state index in [4.69, 9.17) is 5.11 Å². The van der Waals surface area contributed by atoms with Crippen LogP contribution >= 0.6 is 31.9 Å². The van der Waals surface area contributed by atoms with E-state index in [9.17, 15) is 9.90 Å². The lowest BCUT2D eigenvalue weighted by molar-refractivity contribution is -0.147. The molecule has 1 aromatic carbocycles. The molecular formula is C9H8Br2O3. The van der Waals surface area contributed by atoms with Crippen molar-refractivity contribution in [1.29, 1.82) is 0 Å². The first-order chi connectivity index (χ1) is 6.43. The highest BCUT2D eigenvalue weighted by molar-refractivity contribution is 9.13. The fraction of sp³-hybridized carbons (Fsp3) is 0.222. The molecule has 0 fully saturated rings. The molecule has 1 atom stereocenters. The number of aryl methyl sites for hydroxylation is 1. The third-order valence-electron chi connectivity index (χ3n) is 1.73. The summed E-state index contributed by atoms with van der Waals surface area (Å²) in [5.74, 6) is -1.26. The Balaban J connectivity index is 3.26. The molecule has 0 saturated carbocycles. The molecule has 14 heavy (non-hydrogen) atoms. The summed E-state index contributed by atoms with van der Waals surface area (Å²) in [7, 11) is 0. The number of carboxylic acids is 1. The Labute approximate surface area is 98.0 Å². The number of hydrogen-bond acceptors (Lipinski definition) is 2. The van der Waals surface area contributed by atoms with Gasteiger partial charge in [0.05, 0.1) is 0 Å². The standard InChI is InChI=1S/C9H8Br2O3/c1-4-2-5(8(12)9(13)14)7(11)6(10)3-4/h2-3,8,12H,1H3,(H,13,14). The maximum atomic E-state index is 10.6. The molecule has 1 unspecified atom stereocenters. The molecule has 1 aromatic rings. The Bertz CT molecular complexity index is 377. The van der Waals surface area contributed by atoms with E-state index in [1.54, 1.807) is 6.07 Å². The lowest BCUT2D eigenvalue weighted by Crippen LogP contribution is -2.11. The van der Waals surface area contributed by atoms with Crippen molar-refractivity contribution in [3.8, 4) is 0 Å². The smallest absolute Gasteiger partial charge is 0.337 e.